The number of aliphatic hydroxyl groups is 1. The van der Waals surface area contributed by atoms with E-state index >= 15 is 0 Å². The lowest BCUT2D eigenvalue weighted by Gasteiger charge is -2.33. The Morgan fingerprint density at radius 2 is 1.89 bits per heavy atom. The summed E-state index contributed by atoms with van der Waals surface area (Å²) in [6, 6.07) is 10.5. The van der Waals surface area contributed by atoms with Crippen molar-refractivity contribution in [2.24, 2.45) is 11.1 Å². The molecule has 2 nitrogen and oxygen atoms in total. The van der Waals surface area contributed by atoms with Crippen LogP contribution in [0.15, 0.2) is 35.7 Å². The first-order chi connectivity index (χ1) is 9.16. The third-order valence-electron chi connectivity index (χ3n) is 4.34. The van der Waals surface area contributed by atoms with Crippen molar-refractivity contribution in [1.82, 2.24) is 0 Å². The number of fused-ring (bicyclic) bond motifs is 1. The second-order valence-corrected chi connectivity index (χ2v) is 6.51. The maximum absolute atomic E-state index is 10.8. The summed E-state index contributed by atoms with van der Waals surface area (Å²) in [5, 5.41) is 12.9. The molecular formula is C16H19NOS. The summed E-state index contributed by atoms with van der Waals surface area (Å²) in [6.45, 7) is 2.57. The van der Waals surface area contributed by atoms with E-state index < -0.39 is 6.10 Å². The minimum atomic E-state index is -0.468. The molecule has 3 rings (SSSR count). The first kappa shape index (κ1) is 12.9. The SMILES string of the molecule is Cc1ccsc1C(O)C1(CN)Cc2ccccc2C1. The van der Waals surface area contributed by atoms with Crippen molar-refractivity contribution in [3.63, 3.8) is 0 Å². The second-order valence-electron chi connectivity index (χ2n) is 5.56. The molecule has 0 spiro atoms. The van der Waals surface area contributed by atoms with Crippen LogP contribution in [0.3, 0.4) is 0 Å². The van der Waals surface area contributed by atoms with Gasteiger partial charge in [0.15, 0.2) is 0 Å². The Kier molecular flexibility index (Phi) is 3.21. The predicted molar refractivity (Wildman–Crippen MR) is 79.4 cm³/mol. The lowest BCUT2D eigenvalue weighted by atomic mass is 9.78. The number of hydrogen-bond donors (Lipinski definition) is 2. The first-order valence-corrected chi connectivity index (χ1v) is 7.53. The van der Waals surface area contributed by atoms with Crippen molar-refractivity contribution < 1.29 is 5.11 Å². The number of nitrogens with two attached hydrogens (primary N) is 1. The zero-order valence-electron chi connectivity index (χ0n) is 11.1. The molecule has 1 aliphatic rings. The van der Waals surface area contributed by atoms with Crippen LogP contribution in [0.4, 0.5) is 0 Å². The van der Waals surface area contributed by atoms with Crippen molar-refractivity contribution in [2.45, 2.75) is 25.9 Å². The van der Waals surface area contributed by atoms with Gasteiger partial charge in [0.05, 0.1) is 6.10 Å². The predicted octanol–water partition coefficient (Wildman–Crippen LogP) is 2.83. The van der Waals surface area contributed by atoms with Crippen LogP contribution in [0.2, 0.25) is 0 Å². The highest BCUT2D eigenvalue weighted by molar-refractivity contribution is 7.10. The van der Waals surface area contributed by atoms with E-state index in [4.69, 9.17) is 5.73 Å². The van der Waals surface area contributed by atoms with Crippen LogP contribution in [-0.2, 0) is 12.8 Å². The van der Waals surface area contributed by atoms with E-state index in [1.54, 1.807) is 11.3 Å². The topological polar surface area (TPSA) is 46.2 Å². The fourth-order valence-corrected chi connectivity index (χ4v) is 4.17. The second kappa shape index (κ2) is 4.75. The Balaban J connectivity index is 1.97. The molecule has 0 radical (unpaired) electrons. The molecule has 1 aromatic carbocycles. The standard InChI is InChI=1S/C16H19NOS/c1-11-6-7-19-14(11)15(18)16(10-17)8-12-4-2-3-5-13(12)9-16/h2-7,15,18H,8-10,17H2,1H3. The Morgan fingerprint density at radius 3 is 2.37 bits per heavy atom. The van der Waals surface area contributed by atoms with Crippen LogP contribution >= 0.6 is 11.3 Å². The molecule has 0 fully saturated rings. The fraction of sp³-hybridized carbons (Fsp3) is 0.375. The van der Waals surface area contributed by atoms with Gasteiger partial charge in [-0.05, 0) is 47.9 Å². The lowest BCUT2D eigenvalue weighted by molar-refractivity contribution is 0.0382. The Morgan fingerprint density at radius 1 is 1.26 bits per heavy atom. The number of benzene rings is 1. The largest absolute Gasteiger partial charge is 0.387 e. The number of rotatable bonds is 3. The normalized spacial score (nSPS) is 18.3. The van der Waals surface area contributed by atoms with Gasteiger partial charge in [0.2, 0.25) is 0 Å². The zero-order valence-corrected chi connectivity index (χ0v) is 11.9. The van der Waals surface area contributed by atoms with Gasteiger partial charge in [-0.2, -0.15) is 0 Å². The fourth-order valence-electron chi connectivity index (χ4n) is 3.12. The molecule has 1 aliphatic carbocycles. The molecule has 3 N–H and O–H groups in total. The smallest absolute Gasteiger partial charge is 0.0959 e. The van der Waals surface area contributed by atoms with Gasteiger partial charge in [0.25, 0.3) is 0 Å². The van der Waals surface area contributed by atoms with Crippen molar-refractivity contribution in [1.29, 1.82) is 0 Å². The summed E-state index contributed by atoms with van der Waals surface area (Å²) >= 11 is 1.63. The summed E-state index contributed by atoms with van der Waals surface area (Å²) in [7, 11) is 0. The summed E-state index contributed by atoms with van der Waals surface area (Å²) in [6.07, 6.45) is 1.28. The average Bonchev–Trinajstić information content (AvgIpc) is 3.01. The van der Waals surface area contributed by atoms with Gasteiger partial charge in [0.1, 0.15) is 0 Å². The maximum atomic E-state index is 10.8. The van der Waals surface area contributed by atoms with E-state index in [0.29, 0.717) is 6.54 Å². The Labute approximate surface area is 117 Å². The van der Waals surface area contributed by atoms with Crippen LogP contribution < -0.4 is 5.73 Å². The summed E-state index contributed by atoms with van der Waals surface area (Å²) in [5.41, 5.74) is 9.65. The highest BCUT2D eigenvalue weighted by atomic mass is 32.1. The average molecular weight is 273 g/mol. The number of thiophene rings is 1. The molecular weight excluding hydrogens is 254 g/mol. The van der Waals surface area contributed by atoms with Gasteiger partial charge in [0, 0.05) is 16.8 Å². The summed E-state index contributed by atoms with van der Waals surface area (Å²) in [4.78, 5) is 1.07. The molecule has 100 valence electrons. The molecule has 0 bridgehead atoms. The molecule has 0 aliphatic heterocycles. The Hall–Kier alpha value is -1.16. The molecule has 1 atom stereocenters. The summed E-state index contributed by atoms with van der Waals surface area (Å²) in [5.74, 6) is 0. The molecule has 1 heterocycles. The number of aryl methyl sites for hydroxylation is 1. The van der Waals surface area contributed by atoms with Crippen LogP contribution in [0, 0.1) is 12.3 Å². The van der Waals surface area contributed by atoms with Crippen molar-refractivity contribution in [3.8, 4) is 0 Å². The highest BCUT2D eigenvalue weighted by Gasteiger charge is 2.43. The molecule has 2 aromatic rings. The van der Waals surface area contributed by atoms with Crippen LogP contribution in [0.5, 0.6) is 0 Å². The maximum Gasteiger partial charge on any atom is 0.0959 e. The van der Waals surface area contributed by atoms with Crippen molar-refractivity contribution in [2.75, 3.05) is 6.54 Å². The minimum Gasteiger partial charge on any atom is -0.387 e. The van der Waals surface area contributed by atoms with E-state index in [0.717, 1.165) is 17.7 Å². The van der Waals surface area contributed by atoms with E-state index in [9.17, 15) is 5.11 Å². The zero-order chi connectivity index (χ0) is 13.5. The quantitative estimate of drug-likeness (QED) is 0.903. The van der Waals surface area contributed by atoms with E-state index in [1.165, 1.54) is 16.7 Å². The number of aliphatic hydroxyl groups excluding tert-OH is 1. The van der Waals surface area contributed by atoms with Gasteiger partial charge >= 0.3 is 0 Å². The van der Waals surface area contributed by atoms with Crippen molar-refractivity contribution in [3.05, 3.63) is 57.3 Å². The monoisotopic (exact) mass is 273 g/mol. The molecule has 1 unspecified atom stereocenters. The summed E-state index contributed by atoms with van der Waals surface area (Å²) < 4.78 is 0. The van der Waals surface area contributed by atoms with Gasteiger partial charge in [-0.3, -0.25) is 0 Å². The first-order valence-electron chi connectivity index (χ1n) is 6.65. The lowest BCUT2D eigenvalue weighted by Crippen LogP contribution is -2.37. The van der Waals surface area contributed by atoms with E-state index in [-0.39, 0.29) is 5.41 Å². The molecule has 0 saturated carbocycles. The van der Waals surface area contributed by atoms with Crippen LogP contribution in [0.1, 0.15) is 27.7 Å². The Bertz CT molecular complexity index is 565. The van der Waals surface area contributed by atoms with E-state index in [1.807, 2.05) is 5.38 Å². The van der Waals surface area contributed by atoms with Crippen LogP contribution in [0.25, 0.3) is 0 Å². The van der Waals surface area contributed by atoms with Crippen molar-refractivity contribution >= 4 is 11.3 Å². The minimum absolute atomic E-state index is 0.237. The molecule has 0 amide bonds. The van der Waals surface area contributed by atoms with E-state index in [2.05, 4.69) is 37.3 Å². The van der Waals surface area contributed by atoms with Gasteiger partial charge < -0.3 is 10.8 Å². The van der Waals surface area contributed by atoms with Gasteiger partial charge in [-0.15, -0.1) is 11.3 Å². The third kappa shape index (κ3) is 2.02. The highest BCUT2D eigenvalue weighted by Crippen LogP contribution is 2.46. The molecule has 19 heavy (non-hydrogen) atoms. The number of hydrogen-bond acceptors (Lipinski definition) is 3. The van der Waals surface area contributed by atoms with Gasteiger partial charge in [-0.25, -0.2) is 0 Å². The third-order valence-corrected chi connectivity index (χ3v) is 5.41. The molecule has 1 aromatic heterocycles. The van der Waals surface area contributed by atoms with Gasteiger partial charge in [-0.1, -0.05) is 24.3 Å². The van der Waals surface area contributed by atoms with Crippen LogP contribution in [-0.4, -0.2) is 11.7 Å². The molecule has 0 saturated heterocycles. The molecule has 3 heteroatoms.